The summed E-state index contributed by atoms with van der Waals surface area (Å²) in [5.74, 6) is -1.17. The van der Waals surface area contributed by atoms with Crippen LogP contribution in [0.1, 0.15) is 24.7 Å². The van der Waals surface area contributed by atoms with Gasteiger partial charge in [0.1, 0.15) is 17.7 Å². The second kappa shape index (κ2) is 5.24. The van der Waals surface area contributed by atoms with Crippen LogP contribution in [-0.4, -0.2) is 48.1 Å². The Morgan fingerprint density at radius 2 is 2.00 bits per heavy atom. The normalized spacial score (nSPS) is 18.8. The third kappa shape index (κ3) is 2.25. The van der Waals surface area contributed by atoms with Gasteiger partial charge in [0, 0.05) is 29.6 Å². The molecule has 0 amide bonds. The van der Waals surface area contributed by atoms with Crippen LogP contribution >= 0.6 is 0 Å². The van der Waals surface area contributed by atoms with Crippen LogP contribution in [0.15, 0.2) is 30.9 Å². The highest BCUT2D eigenvalue weighted by Crippen LogP contribution is 2.40. The molecular formula is C19H17F2N7. The maximum atomic E-state index is 13.4. The maximum Gasteiger partial charge on any atom is 0.282 e. The fraction of sp³-hybridized carbons (Fsp3) is 0.368. The number of anilines is 1. The number of aryl methyl sites for hydroxylation is 1. The smallest absolute Gasteiger partial charge is 0.282 e. The van der Waals surface area contributed by atoms with Gasteiger partial charge in [-0.3, -0.25) is 0 Å². The lowest BCUT2D eigenvalue weighted by Crippen LogP contribution is -2.56. The zero-order chi connectivity index (χ0) is 19.0. The standard InChI is InChI=1S/C19H17F2N7/c1-11-25-17-15(28(11)13-2-3-13)6-12(7-22-17)14-4-5-27-16(14)18(23-10-24-27)26-8-19(20,21)9-26/h4-7,10,13H,2-3,8-9H2,1H3. The molecule has 2 fully saturated rings. The molecule has 7 nitrogen and oxygen atoms in total. The van der Waals surface area contributed by atoms with E-state index in [-0.39, 0.29) is 13.1 Å². The number of imidazole rings is 1. The Labute approximate surface area is 158 Å². The minimum absolute atomic E-state index is 0.324. The highest BCUT2D eigenvalue weighted by atomic mass is 19.3. The van der Waals surface area contributed by atoms with E-state index in [4.69, 9.17) is 0 Å². The monoisotopic (exact) mass is 381 g/mol. The fourth-order valence-electron chi connectivity index (χ4n) is 4.10. The first-order chi connectivity index (χ1) is 13.5. The number of fused-ring (bicyclic) bond motifs is 2. The molecule has 1 aliphatic heterocycles. The number of aromatic nitrogens is 6. The van der Waals surface area contributed by atoms with E-state index in [1.165, 1.54) is 6.33 Å². The third-order valence-corrected chi connectivity index (χ3v) is 5.52. The van der Waals surface area contributed by atoms with Gasteiger partial charge in [0.25, 0.3) is 5.92 Å². The van der Waals surface area contributed by atoms with Crippen molar-refractivity contribution in [1.29, 1.82) is 0 Å². The van der Waals surface area contributed by atoms with Gasteiger partial charge in [-0.15, -0.1) is 0 Å². The summed E-state index contributed by atoms with van der Waals surface area (Å²) in [6.45, 7) is 1.36. The Bertz CT molecular complexity index is 1230. The highest BCUT2D eigenvalue weighted by molar-refractivity contribution is 5.91. The van der Waals surface area contributed by atoms with Crippen LogP contribution in [0.25, 0.3) is 27.8 Å². The van der Waals surface area contributed by atoms with Crippen LogP contribution < -0.4 is 4.90 Å². The van der Waals surface area contributed by atoms with E-state index in [9.17, 15) is 8.78 Å². The van der Waals surface area contributed by atoms with E-state index in [1.54, 1.807) is 15.6 Å². The molecule has 0 N–H and O–H groups in total. The van der Waals surface area contributed by atoms with Gasteiger partial charge >= 0.3 is 0 Å². The van der Waals surface area contributed by atoms with Crippen molar-refractivity contribution in [2.45, 2.75) is 31.7 Å². The van der Waals surface area contributed by atoms with Crippen molar-refractivity contribution >= 4 is 22.5 Å². The van der Waals surface area contributed by atoms with Gasteiger partial charge in [0.15, 0.2) is 11.5 Å². The van der Waals surface area contributed by atoms with Crippen molar-refractivity contribution in [3.8, 4) is 11.1 Å². The van der Waals surface area contributed by atoms with Gasteiger partial charge in [-0.1, -0.05) is 0 Å². The average Bonchev–Trinajstić information content (AvgIpc) is 3.28. The lowest BCUT2D eigenvalue weighted by molar-refractivity contribution is -0.0265. The predicted octanol–water partition coefficient (Wildman–Crippen LogP) is 3.24. The molecule has 0 atom stereocenters. The van der Waals surface area contributed by atoms with Crippen molar-refractivity contribution in [3.63, 3.8) is 0 Å². The van der Waals surface area contributed by atoms with Crippen molar-refractivity contribution in [1.82, 2.24) is 29.1 Å². The van der Waals surface area contributed by atoms with E-state index in [0.717, 1.165) is 41.0 Å². The molecule has 4 aromatic rings. The third-order valence-electron chi connectivity index (χ3n) is 5.52. The number of halogens is 2. The van der Waals surface area contributed by atoms with Gasteiger partial charge in [0.2, 0.25) is 0 Å². The SMILES string of the molecule is Cc1nc2ncc(-c3ccn4ncnc(N5CC(F)(F)C5)c34)cc2n1C1CC1. The Kier molecular flexibility index (Phi) is 2.98. The molecule has 1 aliphatic carbocycles. The predicted molar refractivity (Wildman–Crippen MR) is 99.7 cm³/mol. The molecule has 28 heavy (non-hydrogen) atoms. The molecular weight excluding hydrogens is 364 g/mol. The van der Waals surface area contributed by atoms with Gasteiger partial charge in [-0.2, -0.15) is 5.10 Å². The molecule has 0 unspecified atom stereocenters. The van der Waals surface area contributed by atoms with Gasteiger partial charge in [0.05, 0.1) is 18.6 Å². The van der Waals surface area contributed by atoms with E-state index >= 15 is 0 Å². The van der Waals surface area contributed by atoms with Gasteiger partial charge in [-0.25, -0.2) is 28.2 Å². The van der Waals surface area contributed by atoms with E-state index in [0.29, 0.717) is 17.4 Å². The summed E-state index contributed by atoms with van der Waals surface area (Å²) >= 11 is 0. The van der Waals surface area contributed by atoms with Gasteiger partial charge in [-0.05, 0) is 31.9 Å². The fourth-order valence-corrected chi connectivity index (χ4v) is 4.10. The molecule has 0 spiro atoms. The maximum absolute atomic E-state index is 13.4. The summed E-state index contributed by atoms with van der Waals surface area (Å²) in [4.78, 5) is 15.0. The lowest BCUT2D eigenvalue weighted by atomic mass is 10.1. The second-order valence-corrected chi connectivity index (χ2v) is 7.65. The average molecular weight is 381 g/mol. The first-order valence-electron chi connectivity index (χ1n) is 9.30. The van der Waals surface area contributed by atoms with Gasteiger partial charge < -0.3 is 9.47 Å². The van der Waals surface area contributed by atoms with Crippen LogP contribution in [0.2, 0.25) is 0 Å². The first kappa shape index (κ1) is 15.9. The lowest BCUT2D eigenvalue weighted by Gasteiger charge is -2.39. The number of rotatable bonds is 3. The van der Waals surface area contributed by atoms with Crippen LogP contribution in [0.4, 0.5) is 14.6 Å². The Morgan fingerprint density at radius 1 is 1.18 bits per heavy atom. The van der Waals surface area contributed by atoms with Crippen molar-refractivity contribution < 1.29 is 8.78 Å². The molecule has 0 radical (unpaired) electrons. The number of hydrogen-bond donors (Lipinski definition) is 0. The second-order valence-electron chi connectivity index (χ2n) is 7.65. The largest absolute Gasteiger partial charge is 0.343 e. The Morgan fingerprint density at radius 3 is 2.75 bits per heavy atom. The van der Waals surface area contributed by atoms with Crippen LogP contribution in [-0.2, 0) is 0 Å². The van der Waals surface area contributed by atoms with Crippen LogP contribution in [0.3, 0.4) is 0 Å². The highest BCUT2D eigenvalue weighted by Gasteiger charge is 2.45. The molecule has 6 rings (SSSR count). The van der Waals surface area contributed by atoms with Crippen LogP contribution in [0, 0.1) is 6.92 Å². The summed E-state index contributed by atoms with van der Waals surface area (Å²) in [6.07, 6.45) is 7.32. The van der Waals surface area contributed by atoms with Crippen molar-refractivity contribution in [2.24, 2.45) is 0 Å². The Hall–Kier alpha value is -3.10. The number of alkyl halides is 2. The molecule has 0 aromatic carbocycles. The molecule has 1 saturated carbocycles. The molecule has 142 valence electrons. The summed E-state index contributed by atoms with van der Waals surface area (Å²) in [6, 6.07) is 4.51. The Balaban J connectivity index is 1.52. The molecule has 4 aromatic heterocycles. The molecule has 2 aliphatic rings. The van der Waals surface area contributed by atoms with E-state index in [1.807, 2.05) is 19.2 Å². The zero-order valence-corrected chi connectivity index (χ0v) is 15.2. The molecule has 5 heterocycles. The van der Waals surface area contributed by atoms with E-state index < -0.39 is 5.92 Å². The molecule has 1 saturated heterocycles. The summed E-state index contributed by atoms with van der Waals surface area (Å²) < 4.78 is 30.8. The van der Waals surface area contributed by atoms with E-state index in [2.05, 4.69) is 30.7 Å². The van der Waals surface area contributed by atoms with Crippen LogP contribution in [0.5, 0.6) is 0 Å². The molecule has 9 heteroatoms. The quantitative estimate of drug-likeness (QED) is 0.545. The van der Waals surface area contributed by atoms with Crippen molar-refractivity contribution in [3.05, 3.63) is 36.7 Å². The minimum Gasteiger partial charge on any atom is -0.343 e. The van der Waals surface area contributed by atoms with Crippen molar-refractivity contribution in [2.75, 3.05) is 18.0 Å². The topological polar surface area (TPSA) is 64.1 Å². The number of hydrogen-bond acceptors (Lipinski definition) is 5. The summed E-state index contributed by atoms with van der Waals surface area (Å²) in [7, 11) is 0. The number of nitrogens with zero attached hydrogens (tertiary/aromatic N) is 7. The minimum atomic E-state index is -2.66. The number of pyridine rings is 1. The first-order valence-corrected chi connectivity index (χ1v) is 9.30. The molecule has 0 bridgehead atoms. The summed E-state index contributed by atoms with van der Waals surface area (Å²) in [5.41, 5.74) is 4.23. The summed E-state index contributed by atoms with van der Waals surface area (Å²) in [5, 5.41) is 4.24. The zero-order valence-electron chi connectivity index (χ0n) is 15.2.